The number of hydrogen-bond acceptors (Lipinski definition) is 6. The first kappa shape index (κ1) is 32.9. The second-order valence-corrected chi connectivity index (χ2v) is 15.2. The van der Waals surface area contributed by atoms with Gasteiger partial charge in [-0.2, -0.15) is 0 Å². The number of piperidine rings is 2. The first-order chi connectivity index (χ1) is 21.1. The van der Waals surface area contributed by atoms with Gasteiger partial charge < -0.3 is 14.9 Å². The van der Waals surface area contributed by atoms with Crippen LogP contribution in [0.3, 0.4) is 0 Å². The van der Waals surface area contributed by atoms with Gasteiger partial charge in [-0.25, -0.2) is 8.42 Å². The molecule has 0 aromatic heterocycles. The van der Waals surface area contributed by atoms with E-state index in [9.17, 15) is 18.3 Å². The average molecular weight is 659 g/mol. The van der Waals surface area contributed by atoms with E-state index in [2.05, 4.69) is 16.8 Å². The molecule has 3 aromatic carbocycles. The molecule has 236 valence electrons. The Morgan fingerprint density at radius 1 is 1.00 bits per heavy atom. The predicted octanol–water partition coefficient (Wildman–Crippen LogP) is 5.40. The molecule has 3 unspecified atom stereocenters. The Morgan fingerprint density at radius 3 is 2.41 bits per heavy atom. The molecule has 2 saturated heterocycles. The Kier molecular flexibility index (Phi) is 10.7. The van der Waals surface area contributed by atoms with Crippen molar-refractivity contribution >= 4 is 38.9 Å². The molecule has 3 aromatic rings. The number of nitrogens with zero attached hydrogens (tertiary/aromatic N) is 3. The largest absolute Gasteiger partial charge is 0.393 e. The van der Waals surface area contributed by atoms with E-state index in [1.807, 2.05) is 53.4 Å². The number of carbonyl (C=O) groups is 1. The lowest BCUT2D eigenvalue weighted by atomic mass is 9.73. The maximum absolute atomic E-state index is 13.5. The fourth-order valence-electron chi connectivity index (χ4n) is 6.77. The van der Waals surface area contributed by atoms with Crippen LogP contribution in [0.15, 0.2) is 83.8 Å². The first-order valence-corrected chi connectivity index (χ1v) is 17.7. The minimum atomic E-state index is -3.50. The van der Waals surface area contributed by atoms with Gasteiger partial charge in [-0.05, 0) is 74.7 Å². The van der Waals surface area contributed by atoms with E-state index in [1.165, 1.54) is 0 Å². The number of halogens is 2. The first-order valence-electron chi connectivity index (χ1n) is 15.2. The molecule has 0 bridgehead atoms. The van der Waals surface area contributed by atoms with Gasteiger partial charge in [-0.15, -0.1) is 0 Å². The summed E-state index contributed by atoms with van der Waals surface area (Å²) in [7, 11) is -1.42. The van der Waals surface area contributed by atoms with E-state index in [1.54, 1.807) is 30.3 Å². The molecule has 2 aliphatic rings. The molecule has 2 heterocycles. The normalized spacial score (nSPS) is 23.2. The molecule has 7 nitrogen and oxygen atoms in total. The van der Waals surface area contributed by atoms with Gasteiger partial charge in [0, 0.05) is 56.3 Å². The summed E-state index contributed by atoms with van der Waals surface area (Å²) in [6.45, 7) is 3.94. The minimum absolute atomic E-state index is 0.0201. The zero-order chi connectivity index (χ0) is 31.3. The highest BCUT2D eigenvalue weighted by Crippen LogP contribution is 2.38. The summed E-state index contributed by atoms with van der Waals surface area (Å²) in [5.41, 5.74) is 1.37. The number of likely N-dealkylation sites (N-methyl/N-ethyl adjacent to an activating group) is 1. The van der Waals surface area contributed by atoms with Crippen LogP contribution in [0, 0.1) is 0 Å². The number of aliphatic hydroxyl groups excluding tert-OH is 1. The maximum atomic E-state index is 13.5. The van der Waals surface area contributed by atoms with Crippen LogP contribution in [0.4, 0.5) is 0 Å². The van der Waals surface area contributed by atoms with E-state index >= 15 is 0 Å². The Bertz CT molecular complexity index is 1530. The Hall–Kier alpha value is -2.46. The molecule has 5 rings (SSSR count). The molecule has 2 aliphatic heterocycles. The smallest absolute Gasteiger partial charge is 0.253 e. The molecule has 0 radical (unpaired) electrons. The fourth-order valence-corrected chi connectivity index (χ4v) is 8.68. The van der Waals surface area contributed by atoms with Crippen molar-refractivity contribution in [2.75, 3.05) is 52.1 Å². The standard InChI is InChI=1S/C34H41Cl2N3O4S/c1-37(19-20-38-18-15-29(40)22-28(38)23-44(42,43)30-11-6-3-7-12-30)24-34(27-13-14-31(35)32(36)21-27)16-8-17-39(25-34)33(41)26-9-4-2-5-10-26/h2-7,9-14,21,28-29,40H,8,15-20,22-25H2,1H3. The molecule has 0 aliphatic carbocycles. The third kappa shape index (κ3) is 7.84. The Balaban J connectivity index is 1.32. The molecule has 1 amide bonds. The van der Waals surface area contributed by atoms with E-state index in [0.717, 1.165) is 18.4 Å². The van der Waals surface area contributed by atoms with E-state index in [-0.39, 0.29) is 23.1 Å². The molecule has 1 N–H and O–H groups in total. The van der Waals surface area contributed by atoms with E-state index < -0.39 is 15.9 Å². The number of hydrogen-bond donors (Lipinski definition) is 1. The van der Waals surface area contributed by atoms with E-state index in [0.29, 0.717) is 72.6 Å². The van der Waals surface area contributed by atoms with Crippen LogP contribution in [0.25, 0.3) is 0 Å². The van der Waals surface area contributed by atoms with Crippen LogP contribution in [0.5, 0.6) is 0 Å². The summed E-state index contributed by atoms with van der Waals surface area (Å²) < 4.78 is 26.4. The lowest BCUT2D eigenvalue weighted by Crippen LogP contribution is -2.54. The van der Waals surface area contributed by atoms with Gasteiger partial charge in [-0.3, -0.25) is 9.69 Å². The van der Waals surface area contributed by atoms with Crippen LogP contribution < -0.4 is 0 Å². The van der Waals surface area contributed by atoms with Crippen molar-refractivity contribution in [2.24, 2.45) is 0 Å². The summed E-state index contributed by atoms with van der Waals surface area (Å²) in [5.74, 6) is -0.00611. The van der Waals surface area contributed by atoms with Crippen molar-refractivity contribution in [1.82, 2.24) is 14.7 Å². The highest BCUT2D eigenvalue weighted by molar-refractivity contribution is 7.91. The van der Waals surface area contributed by atoms with E-state index in [4.69, 9.17) is 23.2 Å². The zero-order valence-corrected chi connectivity index (χ0v) is 27.4. The number of aliphatic hydroxyl groups is 1. The molecule has 0 spiro atoms. The quantitative estimate of drug-likeness (QED) is 0.315. The highest BCUT2D eigenvalue weighted by Gasteiger charge is 2.40. The van der Waals surface area contributed by atoms with Crippen LogP contribution >= 0.6 is 23.2 Å². The van der Waals surface area contributed by atoms with Crippen LogP contribution in [0.1, 0.15) is 41.6 Å². The summed E-state index contributed by atoms with van der Waals surface area (Å²) >= 11 is 12.8. The maximum Gasteiger partial charge on any atom is 0.253 e. The molecular weight excluding hydrogens is 617 g/mol. The second kappa shape index (κ2) is 14.3. The van der Waals surface area contributed by atoms with Gasteiger partial charge in [0.1, 0.15) is 0 Å². The summed E-state index contributed by atoms with van der Waals surface area (Å²) in [5, 5.41) is 11.4. The van der Waals surface area contributed by atoms with Crippen LogP contribution in [-0.4, -0.2) is 98.3 Å². The van der Waals surface area contributed by atoms with Gasteiger partial charge >= 0.3 is 0 Å². The average Bonchev–Trinajstić information content (AvgIpc) is 3.02. The van der Waals surface area contributed by atoms with Crippen molar-refractivity contribution in [3.63, 3.8) is 0 Å². The SMILES string of the molecule is CN(CCN1CCC(O)CC1CS(=O)(=O)c1ccccc1)CC1(c2ccc(Cl)c(Cl)c2)CCCN(C(=O)c2ccccc2)C1. The highest BCUT2D eigenvalue weighted by atomic mass is 35.5. The lowest BCUT2D eigenvalue weighted by molar-refractivity contribution is 0.0408. The molecule has 0 saturated carbocycles. The van der Waals surface area contributed by atoms with Gasteiger partial charge in [0.15, 0.2) is 9.84 Å². The molecular formula is C34H41Cl2N3O4S. The van der Waals surface area contributed by atoms with Gasteiger partial charge in [-0.1, -0.05) is 65.7 Å². The second-order valence-electron chi connectivity index (χ2n) is 12.3. The number of amides is 1. The summed E-state index contributed by atoms with van der Waals surface area (Å²) in [6.07, 6.45) is 2.29. The van der Waals surface area contributed by atoms with Crippen molar-refractivity contribution in [2.45, 2.75) is 48.1 Å². The monoisotopic (exact) mass is 657 g/mol. The van der Waals surface area contributed by atoms with Gasteiger partial charge in [0.2, 0.25) is 0 Å². The van der Waals surface area contributed by atoms with Crippen LogP contribution in [-0.2, 0) is 15.3 Å². The topological polar surface area (TPSA) is 81.2 Å². The number of benzene rings is 3. The number of carbonyl (C=O) groups excluding carboxylic acids is 1. The number of likely N-dealkylation sites (tertiary alicyclic amines) is 2. The summed E-state index contributed by atoms with van der Waals surface area (Å²) in [6, 6.07) is 23.4. The molecule has 44 heavy (non-hydrogen) atoms. The van der Waals surface area contributed by atoms with Crippen LogP contribution in [0.2, 0.25) is 10.0 Å². The lowest BCUT2D eigenvalue weighted by Gasteiger charge is -2.46. The molecule has 2 fully saturated rings. The molecule has 10 heteroatoms. The zero-order valence-electron chi connectivity index (χ0n) is 25.1. The van der Waals surface area contributed by atoms with Crippen molar-refractivity contribution < 1.29 is 18.3 Å². The van der Waals surface area contributed by atoms with Crippen molar-refractivity contribution in [1.29, 1.82) is 0 Å². The third-order valence-corrected chi connectivity index (χ3v) is 11.6. The van der Waals surface area contributed by atoms with Gasteiger partial charge in [0.05, 0.1) is 26.8 Å². The number of rotatable bonds is 10. The fraction of sp³-hybridized carbons (Fsp3) is 0.441. The van der Waals surface area contributed by atoms with Crippen molar-refractivity contribution in [3.05, 3.63) is 100 Å². The minimum Gasteiger partial charge on any atom is -0.393 e. The Labute approximate surface area is 271 Å². The number of sulfone groups is 1. The Morgan fingerprint density at radius 2 is 1.70 bits per heavy atom. The third-order valence-electron chi connectivity index (χ3n) is 9.08. The predicted molar refractivity (Wildman–Crippen MR) is 176 cm³/mol. The van der Waals surface area contributed by atoms with Gasteiger partial charge in [0.25, 0.3) is 5.91 Å². The summed E-state index contributed by atoms with van der Waals surface area (Å²) in [4.78, 5) is 20.3. The van der Waals surface area contributed by atoms with Crippen molar-refractivity contribution in [3.8, 4) is 0 Å². The molecule has 3 atom stereocenters.